The van der Waals surface area contributed by atoms with Crippen LogP contribution in [0, 0.1) is 19.8 Å². The minimum Gasteiger partial charge on any atom is -0.452 e. The molecule has 2 aromatic carbocycles. The summed E-state index contributed by atoms with van der Waals surface area (Å²) in [6.45, 7) is 7.84. The van der Waals surface area contributed by atoms with Gasteiger partial charge in [-0.3, -0.25) is 4.79 Å². The average molecular weight is 339 g/mol. The van der Waals surface area contributed by atoms with Gasteiger partial charge < -0.3 is 10.1 Å². The number of nitrogens with one attached hydrogen (secondary N) is 1. The van der Waals surface area contributed by atoms with Gasteiger partial charge >= 0.3 is 5.97 Å². The second-order valence-corrected chi connectivity index (χ2v) is 6.69. The van der Waals surface area contributed by atoms with Crippen molar-refractivity contribution in [3.63, 3.8) is 0 Å². The molecule has 0 heterocycles. The van der Waals surface area contributed by atoms with Gasteiger partial charge in [0.05, 0.1) is 5.56 Å². The van der Waals surface area contributed by atoms with Gasteiger partial charge in [-0.05, 0) is 55.0 Å². The van der Waals surface area contributed by atoms with E-state index in [0.717, 1.165) is 23.2 Å². The highest BCUT2D eigenvalue weighted by Crippen LogP contribution is 2.19. The highest BCUT2D eigenvalue weighted by molar-refractivity contribution is 5.96. The van der Waals surface area contributed by atoms with Crippen LogP contribution in [0.1, 0.15) is 40.9 Å². The Bertz CT molecular complexity index is 728. The maximum atomic E-state index is 12.1. The quantitative estimate of drug-likeness (QED) is 0.799. The van der Waals surface area contributed by atoms with Crippen molar-refractivity contribution >= 4 is 17.6 Å². The molecule has 0 atom stereocenters. The van der Waals surface area contributed by atoms with Crippen LogP contribution in [0.5, 0.6) is 0 Å². The predicted molar refractivity (Wildman–Crippen MR) is 99.8 cm³/mol. The number of rotatable bonds is 6. The number of hydrogen-bond donors (Lipinski definition) is 1. The normalized spacial score (nSPS) is 10.6. The summed E-state index contributed by atoms with van der Waals surface area (Å²) in [4.78, 5) is 24.1. The molecule has 0 aliphatic carbocycles. The summed E-state index contributed by atoms with van der Waals surface area (Å²) in [6, 6.07) is 13.1. The zero-order chi connectivity index (χ0) is 18.4. The van der Waals surface area contributed by atoms with E-state index in [1.165, 1.54) is 5.56 Å². The number of esters is 1. The molecular formula is C21H25NO3. The maximum Gasteiger partial charge on any atom is 0.338 e. The van der Waals surface area contributed by atoms with Gasteiger partial charge in [0, 0.05) is 5.69 Å². The van der Waals surface area contributed by atoms with Crippen LogP contribution in [-0.4, -0.2) is 18.5 Å². The molecular weight excluding hydrogens is 314 g/mol. The number of amides is 1. The van der Waals surface area contributed by atoms with Crippen molar-refractivity contribution in [1.82, 2.24) is 0 Å². The zero-order valence-electron chi connectivity index (χ0n) is 15.3. The molecule has 2 rings (SSSR count). The Kier molecular flexibility index (Phi) is 6.34. The van der Waals surface area contributed by atoms with Gasteiger partial charge in [0.15, 0.2) is 6.61 Å². The number of hydrogen-bond acceptors (Lipinski definition) is 3. The lowest BCUT2D eigenvalue weighted by Gasteiger charge is -2.11. The number of aryl methyl sites for hydroxylation is 2. The van der Waals surface area contributed by atoms with Crippen LogP contribution in [0.3, 0.4) is 0 Å². The molecule has 0 aliphatic rings. The van der Waals surface area contributed by atoms with Gasteiger partial charge in [-0.25, -0.2) is 4.79 Å². The summed E-state index contributed by atoms with van der Waals surface area (Å²) in [5.41, 5.74) is 4.34. The van der Waals surface area contributed by atoms with Gasteiger partial charge in [0.25, 0.3) is 5.91 Å². The molecule has 2 aromatic rings. The summed E-state index contributed by atoms with van der Waals surface area (Å²) in [5.74, 6) is -0.277. The number of ether oxygens (including phenoxy) is 1. The fourth-order valence-corrected chi connectivity index (χ4v) is 2.65. The third-order valence-corrected chi connectivity index (χ3v) is 3.91. The molecule has 0 fully saturated rings. The molecule has 132 valence electrons. The SMILES string of the molecule is Cc1cccc(C)c1NC(=O)COC(=O)c1ccc(CC(C)C)cc1. The van der Waals surface area contributed by atoms with Crippen molar-refractivity contribution in [3.05, 3.63) is 64.7 Å². The van der Waals surface area contributed by atoms with Gasteiger partial charge in [-0.15, -0.1) is 0 Å². The second kappa shape index (κ2) is 8.47. The first-order valence-corrected chi connectivity index (χ1v) is 8.49. The van der Waals surface area contributed by atoms with Crippen LogP contribution in [-0.2, 0) is 16.0 Å². The summed E-state index contributed by atoms with van der Waals surface area (Å²) >= 11 is 0. The molecule has 0 saturated heterocycles. The Labute approximate surface area is 149 Å². The number of carbonyl (C=O) groups excluding carboxylic acids is 2. The third kappa shape index (κ3) is 5.45. The molecule has 0 bridgehead atoms. The topological polar surface area (TPSA) is 55.4 Å². The van der Waals surface area contributed by atoms with Crippen LogP contribution >= 0.6 is 0 Å². The van der Waals surface area contributed by atoms with E-state index in [4.69, 9.17) is 4.74 Å². The summed E-state index contributed by atoms with van der Waals surface area (Å²) < 4.78 is 5.11. The lowest BCUT2D eigenvalue weighted by Crippen LogP contribution is -2.21. The molecule has 0 spiro atoms. The van der Waals surface area contributed by atoms with Crippen LogP contribution in [0.4, 0.5) is 5.69 Å². The first-order valence-electron chi connectivity index (χ1n) is 8.49. The molecule has 0 unspecified atom stereocenters. The molecule has 0 aliphatic heterocycles. The van der Waals surface area contributed by atoms with Crippen molar-refractivity contribution in [2.75, 3.05) is 11.9 Å². The fraction of sp³-hybridized carbons (Fsp3) is 0.333. The summed E-state index contributed by atoms with van der Waals surface area (Å²) in [7, 11) is 0. The zero-order valence-corrected chi connectivity index (χ0v) is 15.3. The smallest absolute Gasteiger partial charge is 0.338 e. The van der Waals surface area contributed by atoms with Gasteiger partial charge in [-0.2, -0.15) is 0 Å². The number of carbonyl (C=O) groups is 2. The maximum absolute atomic E-state index is 12.1. The van der Waals surface area contributed by atoms with E-state index in [-0.39, 0.29) is 12.5 Å². The van der Waals surface area contributed by atoms with Crippen LogP contribution < -0.4 is 5.32 Å². The van der Waals surface area contributed by atoms with E-state index >= 15 is 0 Å². The molecule has 0 aromatic heterocycles. The van der Waals surface area contributed by atoms with E-state index in [0.29, 0.717) is 11.5 Å². The minimum absolute atomic E-state index is 0.305. The van der Waals surface area contributed by atoms with E-state index in [2.05, 4.69) is 19.2 Å². The Morgan fingerprint density at radius 3 is 2.16 bits per heavy atom. The number of anilines is 1. The monoisotopic (exact) mass is 339 g/mol. The standard InChI is InChI=1S/C21H25NO3/c1-14(2)12-17-8-10-18(11-9-17)21(24)25-13-19(23)22-20-15(3)6-5-7-16(20)4/h5-11,14H,12-13H2,1-4H3,(H,22,23). The first kappa shape index (κ1) is 18.7. The van der Waals surface area contributed by atoms with Crippen LogP contribution in [0.2, 0.25) is 0 Å². The van der Waals surface area contributed by atoms with Crippen molar-refractivity contribution in [1.29, 1.82) is 0 Å². The van der Waals surface area contributed by atoms with E-state index in [9.17, 15) is 9.59 Å². The van der Waals surface area contributed by atoms with Crippen molar-refractivity contribution < 1.29 is 14.3 Å². The Morgan fingerprint density at radius 2 is 1.60 bits per heavy atom. The Balaban J connectivity index is 1.90. The average Bonchev–Trinajstić information content (AvgIpc) is 2.56. The number of benzene rings is 2. The van der Waals surface area contributed by atoms with Crippen molar-refractivity contribution in [2.24, 2.45) is 5.92 Å². The van der Waals surface area contributed by atoms with Gasteiger partial charge in [-0.1, -0.05) is 44.2 Å². The molecule has 0 saturated carbocycles. The molecule has 25 heavy (non-hydrogen) atoms. The molecule has 4 nitrogen and oxygen atoms in total. The highest BCUT2D eigenvalue weighted by Gasteiger charge is 2.12. The first-order chi connectivity index (χ1) is 11.9. The molecule has 1 N–H and O–H groups in total. The fourth-order valence-electron chi connectivity index (χ4n) is 2.65. The lowest BCUT2D eigenvalue weighted by molar-refractivity contribution is -0.119. The predicted octanol–water partition coefficient (Wildman–Crippen LogP) is 4.30. The Morgan fingerprint density at radius 1 is 1.00 bits per heavy atom. The van der Waals surface area contributed by atoms with Crippen LogP contribution in [0.25, 0.3) is 0 Å². The van der Waals surface area contributed by atoms with Gasteiger partial charge in [0.1, 0.15) is 0 Å². The van der Waals surface area contributed by atoms with E-state index in [1.807, 2.05) is 44.2 Å². The Hall–Kier alpha value is -2.62. The molecule has 1 amide bonds. The molecule has 0 radical (unpaired) electrons. The largest absolute Gasteiger partial charge is 0.452 e. The van der Waals surface area contributed by atoms with Gasteiger partial charge in [0.2, 0.25) is 0 Å². The van der Waals surface area contributed by atoms with E-state index in [1.54, 1.807) is 12.1 Å². The lowest BCUT2D eigenvalue weighted by atomic mass is 10.0. The summed E-state index contributed by atoms with van der Waals surface area (Å²) in [6.07, 6.45) is 0.966. The van der Waals surface area contributed by atoms with Crippen molar-refractivity contribution in [2.45, 2.75) is 34.1 Å². The summed E-state index contributed by atoms with van der Waals surface area (Å²) in [5, 5.41) is 2.80. The van der Waals surface area contributed by atoms with Crippen LogP contribution in [0.15, 0.2) is 42.5 Å². The minimum atomic E-state index is -0.493. The second-order valence-electron chi connectivity index (χ2n) is 6.69. The molecule has 4 heteroatoms. The van der Waals surface area contributed by atoms with Crippen molar-refractivity contribution in [3.8, 4) is 0 Å². The highest BCUT2D eigenvalue weighted by atomic mass is 16.5. The number of para-hydroxylation sites is 1. The van der Waals surface area contributed by atoms with E-state index < -0.39 is 5.97 Å². The third-order valence-electron chi connectivity index (χ3n) is 3.91.